The Morgan fingerprint density at radius 1 is 1.33 bits per heavy atom. The van der Waals surface area contributed by atoms with Crippen LogP contribution in [0.25, 0.3) is 0 Å². The van der Waals surface area contributed by atoms with E-state index in [-0.39, 0.29) is 0 Å². The summed E-state index contributed by atoms with van der Waals surface area (Å²) >= 11 is 3.54. The van der Waals surface area contributed by atoms with Gasteiger partial charge >= 0.3 is 0 Å². The molecule has 0 aliphatic heterocycles. The molecule has 0 spiro atoms. The van der Waals surface area contributed by atoms with E-state index in [2.05, 4.69) is 11.2 Å². The lowest BCUT2D eigenvalue weighted by Gasteiger charge is -1.15. The van der Waals surface area contributed by atoms with Crippen molar-refractivity contribution in [3.8, 4) is 0 Å². The van der Waals surface area contributed by atoms with Crippen LogP contribution in [0.15, 0.2) is 0 Å². The maximum atomic E-state index is 8.81. The second kappa shape index (κ2) is 8.82. The second-order valence-corrected chi connectivity index (χ2v) is 1.43. The fourth-order valence-corrected chi connectivity index (χ4v) is 0. The normalized spacial score (nSPS) is 4.67. The first kappa shape index (κ1) is 9.16. The molecule has 0 radical (unpaired) electrons. The minimum absolute atomic E-state index is 2.28. The smallest absolute Gasteiger partial charge is 0.213 e. The maximum Gasteiger partial charge on any atom is 0.284 e. The van der Waals surface area contributed by atoms with Crippen molar-refractivity contribution < 1.29 is 8.42 Å². The van der Waals surface area contributed by atoms with Gasteiger partial charge in [-0.3, -0.25) is 0 Å². The van der Waals surface area contributed by atoms with Crippen molar-refractivity contribution in [2.75, 3.05) is 0 Å². The summed E-state index contributed by atoms with van der Waals surface area (Å²) in [5, 5.41) is 0. The van der Waals surface area contributed by atoms with Gasteiger partial charge in [0.1, 0.15) is 0 Å². The van der Waals surface area contributed by atoms with Crippen LogP contribution in [0, 0.1) is 11.1 Å². The molecule has 6 heavy (non-hydrogen) atoms. The molecule has 0 fully saturated rings. The van der Waals surface area contributed by atoms with Gasteiger partial charge in [0.25, 0.3) is 9.26 Å². The van der Waals surface area contributed by atoms with Gasteiger partial charge in [-0.05, 0) is 0 Å². The van der Waals surface area contributed by atoms with Crippen LogP contribution in [0.2, 0.25) is 0 Å². The highest BCUT2D eigenvalue weighted by Gasteiger charge is 1.34. The Labute approximate surface area is 40.7 Å². The predicted octanol–water partition coefficient (Wildman–Crippen LogP) is -0.0765. The van der Waals surface area contributed by atoms with Gasteiger partial charge in [0.2, 0.25) is 0 Å². The molecule has 6 heteroatoms. The molecule has 0 saturated carbocycles. The van der Waals surface area contributed by atoms with Crippen LogP contribution < -0.4 is 0 Å². The summed E-state index contributed by atoms with van der Waals surface area (Å²) in [5.41, 5.74) is 10.0. The third kappa shape index (κ3) is 196. The van der Waals surface area contributed by atoms with Crippen LogP contribution >= 0.6 is 0 Å². The van der Waals surface area contributed by atoms with Crippen molar-refractivity contribution >= 4 is 20.5 Å². The Bertz CT molecular complexity index is 89.7. The zero-order chi connectivity index (χ0) is 5.58. The lowest BCUT2D eigenvalue weighted by Crippen LogP contribution is -1.35. The summed E-state index contributed by atoms with van der Waals surface area (Å²) in [7, 11) is -2.28. The first-order valence-electron chi connectivity index (χ1n) is 0.750. The highest BCUT2D eigenvalue weighted by Crippen LogP contribution is 1.13. The number of nitrogens with one attached hydrogen (secondary N) is 2. The largest absolute Gasteiger partial charge is 0.284 e. The minimum atomic E-state index is -2.28. The van der Waals surface area contributed by atoms with Crippen molar-refractivity contribution in [3.63, 3.8) is 0 Å². The molecule has 0 aromatic carbocycles. The number of rotatable bonds is 0. The van der Waals surface area contributed by atoms with Crippen LogP contribution in [0.1, 0.15) is 0 Å². The van der Waals surface area contributed by atoms with Gasteiger partial charge in [0, 0.05) is 0 Å². The van der Waals surface area contributed by atoms with E-state index in [1.807, 2.05) is 0 Å². The summed E-state index contributed by atoms with van der Waals surface area (Å²) in [6.07, 6.45) is 0. The van der Waals surface area contributed by atoms with E-state index in [4.69, 9.17) is 19.5 Å². The molecule has 0 heterocycles. The Morgan fingerprint density at radius 2 is 1.33 bits per heavy atom. The molecule has 36 valence electrons. The van der Waals surface area contributed by atoms with Crippen LogP contribution in [0.4, 0.5) is 0 Å². The van der Waals surface area contributed by atoms with E-state index in [0.29, 0.717) is 0 Å². The summed E-state index contributed by atoms with van der Waals surface area (Å²) in [6.45, 7) is 0. The van der Waals surface area contributed by atoms with Crippen molar-refractivity contribution in [2.24, 2.45) is 0 Å². The molecular formula is H2N2O2S2. The van der Waals surface area contributed by atoms with Crippen LogP contribution in [0.3, 0.4) is 0 Å². The molecule has 2 N–H and O–H groups in total. The second-order valence-electron chi connectivity index (χ2n) is 0.204. The molecule has 0 bridgehead atoms. The van der Waals surface area contributed by atoms with Gasteiger partial charge in [-0.25, -0.2) is 11.1 Å². The third-order valence-corrected chi connectivity index (χ3v) is 0. The molecule has 0 aromatic heterocycles. The summed E-state index contributed by atoms with van der Waals surface area (Å²) in [5.74, 6) is 0. The Balaban J connectivity index is 0. The fourth-order valence-electron chi connectivity index (χ4n) is 0. The quantitative estimate of drug-likeness (QED) is 0.445. The molecule has 0 saturated heterocycles. The first-order chi connectivity index (χ1) is 2.73. The summed E-state index contributed by atoms with van der Waals surface area (Å²) in [4.78, 5) is 0. The zero-order valence-electron chi connectivity index (χ0n) is 2.63. The van der Waals surface area contributed by atoms with Gasteiger partial charge in [0.15, 0.2) is 0 Å². The van der Waals surface area contributed by atoms with E-state index < -0.39 is 9.26 Å². The van der Waals surface area contributed by atoms with E-state index >= 15 is 0 Å². The lowest BCUT2D eigenvalue weighted by molar-refractivity contribution is 0.628. The fraction of sp³-hybridized carbons (Fsp3) is 0. The lowest BCUT2D eigenvalue weighted by atomic mass is 13.3. The van der Waals surface area contributed by atoms with Gasteiger partial charge in [-0.15, -0.1) is 0 Å². The molecule has 4 nitrogen and oxygen atoms in total. The minimum Gasteiger partial charge on any atom is -0.213 e. The monoisotopic (exact) mass is 126 g/mol. The zero-order valence-corrected chi connectivity index (χ0v) is 4.27. The van der Waals surface area contributed by atoms with E-state index in [1.165, 1.54) is 0 Å². The predicted molar refractivity (Wildman–Crippen MR) is 21.7 cm³/mol. The number of hydrogen-bond donors (Lipinski definition) is 2. The van der Waals surface area contributed by atoms with Gasteiger partial charge in [0.05, 0.1) is 11.2 Å². The van der Waals surface area contributed by atoms with E-state index in [0.717, 1.165) is 0 Å². The Morgan fingerprint density at radius 3 is 1.33 bits per heavy atom. The molecule has 0 aliphatic carbocycles. The molecule has 0 amide bonds. The van der Waals surface area contributed by atoms with Gasteiger partial charge in [-0.1, -0.05) is 0 Å². The topological polar surface area (TPSA) is 81.8 Å². The average Bonchev–Trinajstić information content (AvgIpc) is 1.41. The average molecular weight is 126 g/mol. The highest BCUT2D eigenvalue weighted by atomic mass is 32.8. The standard InChI is InChI=1S/H2N2.O2S2/c1-2;1-4(2)3/h1-2H;. The number of hydrogen-bond acceptors (Lipinski definition) is 5. The maximum absolute atomic E-state index is 8.81. The van der Waals surface area contributed by atoms with Crippen molar-refractivity contribution in [1.29, 1.82) is 11.1 Å². The molecule has 0 aromatic rings. The summed E-state index contributed by atoms with van der Waals surface area (Å²) in [6, 6.07) is 0. The van der Waals surface area contributed by atoms with Crippen molar-refractivity contribution in [2.45, 2.75) is 0 Å². The van der Waals surface area contributed by atoms with E-state index in [1.54, 1.807) is 0 Å². The van der Waals surface area contributed by atoms with Gasteiger partial charge in [-0.2, -0.15) is 8.42 Å². The van der Waals surface area contributed by atoms with Crippen LogP contribution in [0.5, 0.6) is 0 Å². The van der Waals surface area contributed by atoms with Crippen molar-refractivity contribution in [3.05, 3.63) is 0 Å². The van der Waals surface area contributed by atoms with E-state index in [9.17, 15) is 0 Å². The first-order valence-corrected chi connectivity index (χ1v) is 2.75. The third-order valence-electron chi connectivity index (χ3n) is 0. The SMILES string of the molecule is N=N.O=S(=O)=S. The Kier molecular flexibility index (Phi) is 13.5. The Hall–Kier alpha value is -0.360. The molecule has 0 atom stereocenters. The van der Waals surface area contributed by atoms with Gasteiger partial charge < -0.3 is 0 Å². The molecule has 0 unspecified atom stereocenters. The molecular weight excluding hydrogens is 124 g/mol. The molecule has 0 rings (SSSR count). The molecule has 0 aliphatic rings. The summed E-state index contributed by atoms with van der Waals surface area (Å²) < 4.78 is 17.6. The van der Waals surface area contributed by atoms with Crippen LogP contribution in [-0.2, 0) is 20.5 Å². The van der Waals surface area contributed by atoms with Crippen LogP contribution in [-0.4, -0.2) is 8.42 Å². The highest BCUT2D eigenvalue weighted by molar-refractivity contribution is 8.14. The van der Waals surface area contributed by atoms with Crippen molar-refractivity contribution in [1.82, 2.24) is 0 Å².